The first-order valence-corrected chi connectivity index (χ1v) is 10.7. The van der Waals surface area contributed by atoms with Crippen molar-refractivity contribution in [1.29, 1.82) is 0 Å². The smallest absolute Gasteiger partial charge is 0.396 e. The molecule has 2 heterocycles. The number of hydrogen-bond acceptors (Lipinski definition) is 5. The number of hydrogen-bond donors (Lipinski definition) is 0. The van der Waals surface area contributed by atoms with Gasteiger partial charge in [0.2, 0.25) is 10.0 Å². The first kappa shape index (κ1) is 20.2. The third-order valence-electron chi connectivity index (χ3n) is 4.68. The number of sulfonamides is 1. The minimum absolute atomic E-state index is 0.118. The van der Waals surface area contributed by atoms with E-state index >= 15 is 0 Å². The normalized spacial score (nSPS) is 17.8. The number of nitrogens with zero attached hydrogens (tertiary/aromatic N) is 2. The van der Waals surface area contributed by atoms with E-state index in [1.807, 2.05) is 0 Å². The maximum Gasteiger partial charge on any atom is 0.396 e. The molecule has 0 saturated carbocycles. The Hall–Kier alpha value is -2.58. The maximum atomic E-state index is 12.9. The average molecular weight is 403 g/mol. The van der Waals surface area contributed by atoms with Gasteiger partial charge in [0.15, 0.2) is 12.4 Å². The van der Waals surface area contributed by atoms with Crippen LogP contribution in [0.1, 0.15) is 34.9 Å². The van der Waals surface area contributed by atoms with Gasteiger partial charge in [-0.05, 0) is 38.0 Å². The second-order valence-electron chi connectivity index (χ2n) is 6.57. The summed E-state index contributed by atoms with van der Waals surface area (Å²) in [7, 11) is -3.64. The molecule has 7 nitrogen and oxygen atoms in total. The Morgan fingerprint density at radius 2 is 1.93 bits per heavy atom. The number of esters is 1. The Morgan fingerprint density at radius 3 is 2.64 bits per heavy atom. The predicted octanol–water partition coefficient (Wildman–Crippen LogP) is 1.89. The number of carbonyl (C=O) groups excluding carboxylic acids is 2. The van der Waals surface area contributed by atoms with Gasteiger partial charge in [0, 0.05) is 19.2 Å². The lowest BCUT2D eigenvalue weighted by Gasteiger charge is -2.29. The summed E-state index contributed by atoms with van der Waals surface area (Å²) in [6.07, 6.45) is 4.19. The van der Waals surface area contributed by atoms with Gasteiger partial charge < -0.3 is 4.74 Å². The molecule has 1 aromatic heterocycles. The fourth-order valence-electron chi connectivity index (χ4n) is 3.26. The second-order valence-corrected chi connectivity index (χ2v) is 8.51. The monoisotopic (exact) mass is 403 g/mol. The number of benzene rings is 1. The number of carbonyl (C=O) groups is 2. The van der Waals surface area contributed by atoms with E-state index in [2.05, 4.69) is 0 Å². The van der Waals surface area contributed by atoms with Gasteiger partial charge in [-0.1, -0.05) is 18.2 Å². The fourth-order valence-corrected chi connectivity index (χ4v) is 4.81. The average Bonchev–Trinajstić information content (AvgIpc) is 2.74. The summed E-state index contributed by atoms with van der Waals surface area (Å²) in [5, 5.41) is 0. The number of pyridine rings is 1. The minimum Gasteiger partial charge on any atom is -0.462 e. The number of ether oxygens (including phenoxy) is 1. The third kappa shape index (κ3) is 4.28. The SMILES string of the molecule is CCOC(=O)c1ccc[n+](C(=O)C2CCCN(S(=O)(=O)c3ccccc3)C2)c1. The van der Waals surface area contributed by atoms with Crippen LogP contribution in [0.25, 0.3) is 0 Å². The van der Waals surface area contributed by atoms with Crippen LogP contribution in [-0.2, 0) is 14.8 Å². The molecule has 1 aromatic carbocycles. The Labute approximate surface area is 164 Å². The van der Waals surface area contributed by atoms with E-state index in [0.717, 1.165) is 0 Å². The first-order chi connectivity index (χ1) is 13.4. The molecule has 1 unspecified atom stereocenters. The molecule has 0 radical (unpaired) electrons. The predicted molar refractivity (Wildman–Crippen MR) is 101 cm³/mol. The van der Waals surface area contributed by atoms with E-state index < -0.39 is 21.9 Å². The largest absolute Gasteiger partial charge is 0.462 e. The molecule has 0 N–H and O–H groups in total. The highest BCUT2D eigenvalue weighted by molar-refractivity contribution is 7.89. The summed E-state index contributed by atoms with van der Waals surface area (Å²) in [5.41, 5.74) is 0.280. The molecule has 8 heteroatoms. The lowest BCUT2D eigenvalue weighted by atomic mass is 9.98. The standard InChI is InChI=1S/C20H23N2O5S/c1-2-27-20(24)17-9-6-12-21(14-17)19(23)16-8-7-13-22(15-16)28(25,26)18-10-4-3-5-11-18/h3-6,9-12,14,16H,2,7-8,13,15H2,1H3/q+1. The number of piperidine rings is 1. The molecule has 28 heavy (non-hydrogen) atoms. The molecule has 0 amide bonds. The zero-order valence-corrected chi connectivity index (χ0v) is 16.5. The van der Waals surface area contributed by atoms with Crippen molar-refractivity contribution >= 4 is 21.9 Å². The zero-order valence-electron chi connectivity index (χ0n) is 15.7. The van der Waals surface area contributed by atoms with Gasteiger partial charge in [0.1, 0.15) is 5.56 Å². The second kappa shape index (κ2) is 8.62. The molecular formula is C20H23N2O5S+. The molecule has 1 saturated heterocycles. The van der Waals surface area contributed by atoms with Crippen LogP contribution in [0.4, 0.5) is 0 Å². The van der Waals surface area contributed by atoms with Crippen molar-refractivity contribution in [1.82, 2.24) is 4.31 Å². The highest BCUT2D eigenvalue weighted by Gasteiger charge is 2.37. The van der Waals surface area contributed by atoms with Gasteiger partial charge in [0.25, 0.3) is 0 Å². The van der Waals surface area contributed by atoms with E-state index in [4.69, 9.17) is 4.74 Å². The van der Waals surface area contributed by atoms with Crippen LogP contribution in [0.2, 0.25) is 0 Å². The van der Waals surface area contributed by atoms with Crippen LogP contribution >= 0.6 is 0 Å². The molecule has 1 fully saturated rings. The fraction of sp³-hybridized carbons (Fsp3) is 0.350. The van der Waals surface area contributed by atoms with E-state index in [-0.39, 0.29) is 29.5 Å². The highest BCUT2D eigenvalue weighted by Crippen LogP contribution is 2.23. The summed E-state index contributed by atoms with van der Waals surface area (Å²) < 4.78 is 33.4. The number of aromatic nitrogens is 1. The molecule has 0 bridgehead atoms. The Morgan fingerprint density at radius 1 is 1.18 bits per heavy atom. The maximum absolute atomic E-state index is 12.9. The topological polar surface area (TPSA) is 84.6 Å². The summed E-state index contributed by atoms with van der Waals surface area (Å²) in [6, 6.07) is 11.4. The van der Waals surface area contributed by atoms with Gasteiger partial charge in [-0.15, -0.1) is 4.57 Å². The number of rotatable bonds is 5. The van der Waals surface area contributed by atoms with E-state index in [9.17, 15) is 18.0 Å². The summed E-state index contributed by atoms with van der Waals surface area (Å²) in [5.74, 6) is -1.21. The van der Waals surface area contributed by atoms with E-state index in [0.29, 0.717) is 19.4 Å². The first-order valence-electron chi connectivity index (χ1n) is 9.21. The van der Waals surface area contributed by atoms with Gasteiger partial charge in [-0.25, -0.2) is 18.0 Å². The van der Waals surface area contributed by atoms with Crippen molar-refractivity contribution in [3.05, 3.63) is 60.4 Å². The van der Waals surface area contributed by atoms with Gasteiger partial charge in [0.05, 0.1) is 17.4 Å². The highest BCUT2D eigenvalue weighted by atomic mass is 32.2. The molecule has 1 aliphatic rings. The van der Waals surface area contributed by atoms with E-state index in [1.54, 1.807) is 55.6 Å². The minimum atomic E-state index is -3.64. The molecule has 1 atom stereocenters. The van der Waals surface area contributed by atoms with Crippen LogP contribution < -0.4 is 4.57 Å². The molecule has 0 spiro atoms. The zero-order chi connectivity index (χ0) is 20.1. The summed E-state index contributed by atoms with van der Waals surface area (Å²) in [4.78, 5) is 25.1. The van der Waals surface area contributed by atoms with Crippen molar-refractivity contribution < 1.29 is 27.3 Å². The molecule has 0 aliphatic carbocycles. The lowest BCUT2D eigenvalue weighted by molar-refractivity contribution is -0.577. The summed E-state index contributed by atoms with van der Waals surface area (Å²) in [6.45, 7) is 2.46. The third-order valence-corrected chi connectivity index (χ3v) is 6.56. The van der Waals surface area contributed by atoms with Crippen LogP contribution in [0.5, 0.6) is 0 Å². The molecular weight excluding hydrogens is 380 g/mol. The Balaban J connectivity index is 1.78. The summed E-state index contributed by atoms with van der Waals surface area (Å²) >= 11 is 0. The lowest BCUT2D eigenvalue weighted by Crippen LogP contribution is -2.52. The van der Waals surface area contributed by atoms with Crippen molar-refractivity contribution in [3.8, 4) is 0 Å². The van der Waals surface area contributed by atoms with Crippen LogP contribution in [-0.4, -0.2) is 44.3 Å². The molecule has 3 rings (SSSR count). The van der Waals surface area contributed by atoms with Gasteiger partial charge in [-0.2, -0.15) is 4.31 Å². The van der Waals surface area contributed by atoms with Crippen molar-refractivity contribution in [2.45, 2.75) is 24.7 Å². The molecule has 1 aliphatic heterocycles. The van der Waals surface area contributed by atoms with Gasteiger partial charge >= 0.3 is 11.9 Å². The quantitative estimate of drug-likeness (QED) is 0.562. The van der Waals surface area contributed by atoms with E-state index in [1.165, 1.54) is 15.1 Å². The van der Waals surface area contributed by atoms with Crippen molar-refractivity contribution in [3.63, 3.8) is 0 Å². The van der Waals surface area contributed by atoms with Crippen LogP contribution in [0, 0.1) is 5.92 Å². The Bertz CT molecular complexity index is 960. The van der Waals surface area contributed by atoms with Crippen molar-refractivity contribution in [2.24, 2.45) is 5.92 Å². The molecule has 148 valence electrons. The van der Waals surface area contributed by atoms with Gasteiger partial charge in [-0.3, -0.25) is 0 Å². The van der Waals surface area contributed by atoms with Crippen LogP contribution in [0.15, 0.2) is 59.8 Å². The van der Waals surface area contributed by atoms with Crippen LogP contribution in [0.3, 0.4) is 0 Å². The molecule has 2 aromatic rings. The van der Waals surface area contributed by atoms with Crippen molar-refractivity contribution in [2.75, 3.05) is 19.7 Å². The Kier molecular flexibility index (Phi) is 6.21.